The summed E-state index contributed by atoms with van der Waals surface area (Å²) in [7, 11) is 1.69. The third-order valence-electron chi connectivity index (χ3n) is 5.03. The van der Waals surface area contributed by atoms with Crippen molar-refractivity contribution in [2.45, 2.75) is 63.9 Å². The molecule has 1 aliphatic carbocycles. The van der Waals surface area contributed by atoms with Gasteiger partial charge in [-0.25, -0.2) is 0 Å². The molecule has 0 aromatic carbocycles. The highest BCUT2D eigenvalue weighted by molar-refractivity contribution is 5.78. The van der Waals surface area contributed by atoms with Crippen molar-refractivity contribution in [3.05, 3.63) is 0 Å². The van der Waals surface area contributed by atoms with Crippen LogP contribution in [0.3, 0.4) is 0 Å². The lowest BCUT2D eigenvalue weighted by molar-refractivity contribution is -0.143. The Balaban J connectivity index is 1.98. The average molecular weight is 297 g/mol. The number of carbonyl (C=O) groups excluding carboxylic acids is 1. The van der Waals surface area contributed by atoms with Crippen LogP contribution in [0.2, 0.25) is 0 Å². The van der Waals surface area contributed by atoms with Crippen LogP contribution in [0.15, 0.2) is 0 Å². The lowest BCUT2D eigenvalue weighted by Gasteiger charge is -2.39. The van der Waals surface area contributed by atoms with Gasteiger partial charge in [-0.2, -0.15) is 0 Å². The maximum Gasteiger partial charge on any atom is 0.303 e. The van der Waals surface area contributed by atoms with Crippen molar-refractivity contribution in [1.82, 2.24) is 4.90 Å². The summed E-state index contributed by atoms with van der Waals surface area (Å²) in [6.07, 6.45) is 7.59. The van der Waals surface area contributed by atoms with Crippen LogP contribution in [0.1, 0.15) is 57.8 Å². The molecule has 1 N–H and O–H groups in total. The minimum absolute atomic E-state index is 0.111. The first-order valence-corrected chi connectivity index (χ1v) is 8.07. The van der Waals surface area contributed by atoms with Gasteiger partial charge >= 0.3 is 5.97 Å². The van der Waals surface area contributed by atoms with E-state index in [2.05, 4.69) is 0 Å². The molecule has 21 heavy (non-hydrogen) atoms. The van der Waals surface area contributed by atoms with E-state index in [1.165, 1.54) is 0 Å². The van der Waals surface area contributed by atoms with E-state index >= 15 is 0 Å². The highest BCUT2D eigenvalue weighted by Gasteiger charge is 2.38. The second kappa shape index (κ2) is 7.25. The number of hydrogen-bond acceptors (Lipinski definition) is 3. The second-order valence-electron chi connectivity index (χ2n) is 6.65. The molecule has 1 aliphatic heterocycles. The molecule has 120 valence electrons. The van der Waals surface area contributed by atoms with Gasteiger partial charge in [0.25, 0.3) is 0 Å². The van der Waals surface area contributed by atoms with Gasteiger partial charge in [-0.05, 0) is 31.1 Å². The van der Waals surface area contributed by atoms with Crippen LogP contribution in [-0.2, 0) is 14.3 Å². The number of ether oxygens (including phenoxy) is 1. The van der Waals surface area contributed by atoms with Crippen LogP contribution >= 0.6 is 0 Å². The summed E-state index contributed by atoms with van der Waals surface area (Å²) in [6, 6.07) is 0. The average Bonchev–Trinajstić information content (AvgIpc) is 2.47. The van der Waals surface area contributed by atoms with Crippen molar-refractivity contribution >= 4 is 11.9 Å². The van der Waals surface area contributed by atoms with E-state index in [9.17, 15) is 14.7 Å². The van der Waals surface area contributed by atoms with E-state index in [0.717, 1.165) is 51.5 Å². The van der Waals surface area contributed by atoms with Gasteiger partial charge in [-0.15, -0.1) is 0 Å². The molecule has 0 spiro atoms. The molecule has 0 aromatic rings. The SMILES string of the molecule is COC1CCCN(C(=O)CC2(CC(=O)O)CCCCC2)C1. The Kier molecular flexibility index (Phi) is 5.62. The molecule has 1 unspecified atom stereocenters. The molecule has 2 fully saturated rings. The molecule has 1 amide bonds. The molecule has 1 heterocycles. The summed E-state index contributed by atoms with van der Waals surface area (Å²) in [5.41, 5.74) is -0.318. The van der Waals surface area contributed by atoms with E-state index in [1.807, 2.05) is 4.90 Å². The van der Waals surface area contributed by atoms with Crippen LogP contribution in [0.25, 0.3) is 0 Å². The molecule has 5 heteroatoms. The number of aliphatic carboxylic acids is 1. The predicted molar refractivity (Wildman–Crippen MR) is 79.0 cm³/mol. The number of carbonyl (C=O) groups is 2. The number of amides is 1. The van der Waals surface area contributed by atoms with Gasteiger partial charge in [0.05, 0.1) is 12.5 Å². The first-order chi connectivity index (χ1) is 10.0. The second-order valence-corrected chi connectivity index (χ2v) is 6.65. The molecule has 1 atom stereocenters. The van der Waals surface area contributed by atoms with Gasteiger partial charge in [-0.1, -0.05) is 19.3 Å². The monoisotopic (exact) mass is 297 g/mol. The normalized spacial score (nSPS) is 25.6. The van der Waals surface area contributed by atoms with Crippen LogP contribution in [0.5, 0.6) is 0 Å². The standard InChI is InChI=1S/C16H27NO4/c1-21-13-6-5-9-17(12-13)14(18)10-16(11-15(19)20)7-3-2-4-8-16/h13H,2-12H2,1H3,(H,19,20). The van der Waals surface area contributed by atoms with Crippen LogP contribution in [0.4, 0.5) is 0 Å². The molecule has 0 aromatic heterocycles. The summed E-state index contributed by atoms with van der Waals surface area (Å²) < 4.78 is 5.36. The summed E-state index contributed by atoms with van der Waals surface area (Å²) in [5.74, 6) is -0.669. The fourth-order valence-electron chi connectivity index (χ4n) is 3.83. The van der Waals surface area contributed by atoms with E-state index in [1.54, 1.807) is 7.11 Å². The van der Waals surface area contributed by atoms with E-state index in [-0.39, 0.29) is 23.8 Å². The number of hydrogen-bond donors (Lipinski definition) is 1. The number of carboxylic acids is 1. The van der Waals surface area contributed by atoms with Gasteiger partial charge in [0, 0.05) is 26.6 Å². The molecule has 0 radical (unpaired) electrons. The number of likely N-dealkylation sites (tertiary alicyclic amines) is 1. The number of rotatable bonds is 5. The summed E-state index contributed by atoms with van der Waals surface area (Å²) in [4.78, 5) is 25.6. The third-order valence-corrected chi connectivity index (χ3v) is 5.03. The minimum atomic E-state index is -0.780. The van der Waals surface area contributed by atoms with E-state index < -0.39 is 5.97 Å². The van der Waals surface area contributed by atoms with Crippen molar-refractivity contribution in [2.24, 2.45) is 5.41 Å². The predicted octanol–water partition coefficient (Wildman–Crippen LogP) is 2.44. The maximum atomic E-state index is 12.6. The fourth-order valence-corrected chi connectivity index (χ4v) is 3.83. The highest BCUT2D eigenvalue weighted by atomic mass is 16.5. The van der Waals surface area contributed by atoms with Crippen molar-refractivity contribution in [3.8, 4) is 0 Å². The fraction of sp³-hybridized carbons (Fsp3) is 0.875. The Hall–Kier alpha value is -1.10. The first kappa shape index (κ1) is 16.3. The Morgan fingerprint density at radius 2 is 1.90 bits per heavy atom. The highest BCUT2D eigenvalue weighted by Crippen LogP contribution is 2.42. The van der Waals surface area contributed by atoms with Crippen LogP contribution in [-0.4, -0.2) is 48.2 Å². The van der Waals surface area contributed by atoms with Gasteiger partial charge < -0.3 is 14.7 Å². The number of piperidine rings is 1. The zero-order valence-corrected chi connectivity index (χ0v) is 13.0. The minimum Gasteiger partial charge on any atom is -0.481 e. The zero-order chi connectivity index (χ0) is 15.3. The summed E-state index contributed by atoms with van der Waals surface area (Å²) in [6.45, 7) is 1.43. The molecule has 2 rings (SSSR count). The number of nitrogens with zero attached hydrogens (tertiary/aromatic N) is 1. The van der Waals surface area contributed by atoms with E-state index in [0.29, 0.717) is 13.0 Å². The number of methoxy groups -OCH3 is 1. The van der Waals surface area contributed by atoms with Crippen molar-refractivity contribution < 1.29 is 19.4 Å². The van der Waals surface area contributed by atoms with Crippen LogP contribution in [0, 0.1) is 5.41 Å². The molecular formula is C16H27NO4. The van der Waals surface area contributed by atoms with Crippen molar-refractivity contribution in [1.29, 1.82) is 0 Å². The molecule has 2 aliphatic rings. The zero-order valence-electron chi connectivity index (χ0n) is 13.0. The Morgan fingerprint density at radius 1 is 1.19 bits per heavy atom. The molecule has 1 saturated heterocycles. The third kappa shape index (κ3) is 4.43. The lowest BCUT2D eigenvalue weighted by Crippen LogP contribution is -2.45. The maximum absolute atomic E-state index is 12.6. The Labute approximate surface area is 126 Å². The van der Waals surface area contributed by atoms with Gasteiger partial charge in [0.1, 0.15) is 0 Å². The van der Waals surface area contributed by atoms with Crippen LogP contribution < -0.4 is 0 Å². The van der Waals surface area contributed by atoms with Gasteiger partial charge in [0.15, 0.2) is 0 Å². The topological polar surface area (TPSA) is 66.8 Å². The van der Waals surface area contributed by atoms with Crippen molar-refractivity contribution in [2.75, 3.05) is 20.2 Å². The van der Waals surface area contributed by atoms with Crippen molar-refractivity contribution in [3.63, 3.8) is 0 Å². The van der Waals surface area contributed by atoms with Gasteiger partial charge in [-0.3, -0.25) is 9.59 Å². The summed E-state index contributed by atoms with van der Waals surface area (Å²) >= 11 is 0. The Bertz CT molecular complexity index is 376. The number of carboxylic acid groups (broad SMARTS) is 1. The first-order valence-electron chi connectivity index (χ1n) is 8.07. The van der Waals surface area contributed by atoms with E-state index in [4.69, 9.17) is 4.74 Å². The molecule has 5 nitrogen and oxygen atoms in total. The summed E-state index contributed by atoms with van der Waals surface area (Å²) in [5, 5.41) is 9.19. The lowest BCUT2D eigenvalue weighted by atomic mass is 9.69. The quantitative estimate of drug-likeness (QED) is 0.846. The molecule has 1 saturated carbocycles. The largest absolute Gasteiger partial charge is 0.481 e. The van der Waals surface area contributed by atoms with Gasteiger partial charge in [0.2, 0.25) is 5.91 Å². The molecule has 0 bridgehead atoms. The Morgan fingerprint density at radius 3 is 2.52 bits per heavy atom. The smallest absolute Gasteiger partial charge is 0.303 e. The molecular weight excluding hydrogens is 270 g/mol.